The molecule has 1 aliphatic rings. The number of aryl methyl sites for hydroxylation is 1. The van der Waals surface area contributed by atoms with E-state index in [2.05, 4.69) is 35.3 Å². The Morgan fingerprint density at radius 1 is 1.21 bits per heavy atom. The van der Waals surface area contributed by atoms with Gasteiger partial charge >= 0.3 is 6.03 Å². The first kappa shape index (κ1) is 18.6. The molecule has 1 fully saturated rings. The van der Waals surface area contributed by atoms with E-state index in [1.165, 1.54) is 5.56 Å². The highest BCUT2D eigenvalue weighted by Crippen LogP contribution is 2.27. The zero-order chi connectivity index (χ0) is 17.7. The SMILES string of the molecule is Cc1ccc(CNC(=O)N(C)C2CCC(CO)CC2)c(N(C)C)c1. The second kappa shape index (κ2) is 8.38. The van der Waals surface area contributed by atoms with E-state index in [0.29, 0.717) is 12.5 Å². The molecule has 0 unspecified atom stereocenters. The third-order valence-corrected chi connectivity index (χ3v) is 5.10. The van der Waals surface area contributed by atoms with E-state index in [9.17, 15) is 9.90 Å². The number of aliphatic hydroxyl groups excluding tert-OH is 1. The third-order valence-electron chi connectivity index (χ3n) is 5.10. The Labute approximate surface area is 145 Å². The predicted molar refractivity (Wildman–Crippen MR) is 98.3 cm³/mol. The zero-order valence-corrected chi connectivity index (χ0v) is 15.4. The van der Waals surface area contributed by atoms with Crippen LogP contribution in [0, 0.1) is 12.8 Å². The first-order valence-electron chi connectivity index (χ1n) is 8.80. The number of nitrogens with zero attached hydrogens (tertiary/aromatic N) is 2. The average molecular weight is 333 g/mol. The van der Waals surface area contributed by atoms with E-state index in [-0.39, 0.29) is 18.7 Å². The maximum atomic E-state index is 12.5. The van der Waals surface area contributed by atoms with Crippen LogP contribution >= 0.6 is 0 Å². The summed E-state index contributed by atoms with van der Waals surface area (Å²) in [5.41, 5.74) is 3.48. The van der Waals surface area contributed by atoms with Crippen LogP contribution in [0.5, 0.6) is 0 Å². The summed E-state index contributed by atoms with van der Waals surface area (Å²) < 4.78 is 0. The van der Waals surface area contributed by atoms with Crippen molar-refractivity contribution in [3.63, 3.8) is 0 Å². The number of benzene rings is 1. The first-order valence-corrected chi connectivity index (χ1v) is 8.80. The Bertz CT molecular complexity index is 552. The monoisotopic (exact) mass is 333 g/mol. The van der Waals surface area contributed by atoms with Crippen molar-refractivity contribution in [2.24, 2.45) is 5.92 Å². The van der Waals surface area contributed by atoms with Crippen molar-refractivity contribution in [3.8, 4) is 0 Å². The number of anilines is 1. The highest BCUT2D eigenvalue weighted by molar-refractivity contribution is 5.74. The second-order valence-corrected chi connectivity index (χ2v) is 7.15. The van der Waals surface area contributed by atoms with Crippen molar-refractivity contribution in [2.45, 2.75) is 45.2 Å². The summed E-state index contributed by atoms with van der Waals surface area (Å²) in [7, 11) is 5.92. The van der Waals surface area contributed by atoms with Gasteiger partial charge in [0.05, 0.1) is 0 Å². The van der Waals surface area contributed by atoms with Gasteiger partial charge in [-0.2, -0.15) is 0 Å². The Morgan fingerprint density at radius 2 is 1.88 bits per heavy atom. The number of amides is 2. The van der Waals surface area contributed by atoms with Crippen LogP contribution in [0.4, 0.5) is 10.5 Å². The number of nitrogens with one attached hydrogen (secondary N) is 1. The molecule has 5 heteroatoms. The van der Waals surface area contributed by atoms with Gasteiger partial charge in [-0.1, -0.05) is 12.1 Å². The fraction of sp³-hybridized carbons (Fsp3) is 0.632. The van der Waals surface area contributed by atoms with Crippen molar-refractivity contribution in [2.75, 3.05) is 32.6 Å². The molecule has 0 aliphatic heterocycles. The van der Waals surface area contributed by atoms with Crippen LogP contribution in [-0.4, -0.2) is 49.8 Å². The van der Waals surface area contributed by atoms with E-state index >= 15 is 0 Å². The molecule has 0 bridgehead atoms. The van der Waals surface area contributed by atoms with Gasteiger partial charge in [0.1, 0.15) is 0 Å². The summed E-state index contributed by atoms with van der Waals surface area (Å²) in [6, 6.07) is 6.56. The van der Waals surface area contributed by atoms with Gasteiger partial charge < -0.3 is 20.2 Å². The molecule has 2 amide bonds. The standard InChI is InChI=1S/C19H31N3O2/c1-14-5-8-16(18(11-14)21(2)3)12-20-19(24)22(4)17-9-6-15(13-23)7-10-17/h5,8,11,15,17,23H,6-7,9-10,12-13H2,1-4H3,(H,20,24). The Hall–Kier alpha value is -1.75. The van der Waals surface area contributed by atoms with Crippen LogP contribution in [0.2, 0.25) is 0 Å². The number of rotatable bonds is 5. The van der Waals surface area contributed by atoms with Gasteiger partial charge in [0.2, 0.25) is 0 Å². The molecule has 0 heterocycles. The van der Waals surface area contributed by atoms with Gasteiger partial charge in [0.15, 0.2) is 0 Å². The molecule has 1 saturated carbocycles. The minimum Gasteiger partial charge on any atom is -0.396 e. The average Bonchev–Trinajstić information content (AvgIpc) is 2.59. The molecule has 0 radical (unpaired) electrons. The van der Waals surface area contributed by atoms with Gasteiger partial charge in [-0.3, -0.25) is 0 Å². The molecule has 2 N–H and O–H groups in total. The van der Waals surface area contributed by atoms with Gasteiger partial charge in [0, 0.05) is 46.0 Å². The van der Waals surface area contributed by atoms with E-state index in [1.807, 2.05) is 26.0 Å². The van der Waals surface area contributed by atoms with Crippen molar-refractivity contribution in [1.29, 1.82) is 0 Å². The summed E-state index contributed by atoms with van der Waals surface area (Å²) in [6.45, 7) is 2.87. The van der Waals surface area contributed by atoms with Gasteiger partial charge in [-0.25, -0.2) is 4.79 Å². The minimum atomic E-state index is -0.0206. The number of hydrogen-bond acceptors (Lipinski definition) is 3. The van der Waals surface area contributed by atoms with Crippen molar-refractivity contribution < 1.29 is 9.90 Å². The Morgan fingerprint density at radius 3 is 2.46 bits per heavy atom. The molecule has 1 aliphatic carbocycles. The van der Waals surface area contributed by atoms with Crippen LogP contribution < -0.4 is 10.2 Å². The number of hydrogen-bond donors (Lipinski definition) is 2. The van der Waals surface area contributed by atoms with Crippen molar-refractivity contribution >= 4 is 11.7 Å². The molecular weight excluding hydrogens is 302 g/mol. The minimum absolute atomic E-state index is 0.0206. The highest BCUT2D eigenvalue weighted by Gasteiger charge is 2.26. The summed E-state index contributed by atoms with van der Waals surface area (Å²) in [5, 5.41) is 12.3. The van der Waals surface area contributed by atoms with Gasteiger partial charge in [-0.15, -0.1) is 0 Å². The van der Waals surface area contributed by atoms with Crippen LogP contribution in [0.3, 0.4) is 0 Å². The third kappa shape index (κ3) is 4.63. The lowest BCUT2D eigenvalue weighted by atomic mass is 9.86. The smallest absolute Gasteiger partial charge is 0.317 e. The molecule has 24 heavy (non-hydrogen) atoms. The molecule has 2 rings (SSSR count). The Kier molecular flexibility index (Phi) is 6.49. The highest BCUT2D eigenvalue weighted by atomic mass is 16.3. The van der Waals surface area contributed by atoms with E-state index in [4.69, 9.17) is 0 Å². The molecule has 5 nitrogen and oxygen atoms in total. The van der Waals surface area contributed by atoms with Crippen LogP contribution in [-0.2, 0) is 6.54 Å². The summed E-state index contributed by atoms with van der Waals surface area (Å²) in [5.74, 6) is 0.410. The lowest BCUT2D eigenvalue weighted by Crippen LogP contribution is -2.45. The molecule has 0 saturated heterocycles. The lowest BCUT2D eigenvalue weighted by molar-refractivity contribution is 0.134. The van der Waals surface area contributed by atoms with Crippen LogP contribution in [0.15, 0.2) is 18.2 Å². The largest absolute Gasteiger partial charge is 0.396 e. The normalized spacial score (nSPS) is 20.5. The summed E-state index contributed by atoms with van der Waals surface area (Å²) >= 11 is 0. The number of urea groups is 1. The fourth-order valence-electron chi connectivity index (χ4n) is 3.42. The molecule has 1 aromatic carbocycles. The van der Waals surface area contributed by atoms with Crippen molar-refractivity contribution in [1.82, 2.24) is 10.2 Å². The number of aliphatic hydroxyl groups is 1. The summed E-state index contributed by atoms with van der Waals surface area (Å²) in [6.07, 6.45) is 3.95. The van der Waals surface area contributed by atoms with E-state index in [1.54, 1.807) is 0 Å². The van der Waals surface area contributed by atoms with E-state index < -0.39 is 0 Å². The summed E-state index contributed by atoms with van der Waals surface area (Å²) in [4.78, 5) is 16.4. The maximum Gasteiger partial charge on any atom is 0.317 e. The van der Waals surface area contributed by atoms with Gasteiger partial charge in [0.25, 0.3) is 0 Å². The quantitative estimate of drug-likeness (QED) is 0.871. The first-order chi connectivity index (χ1) is 11.4. The maximum absolute atomic E-state index is 12.5. The van der Waals surface area contributed by atoms with E-state index in [0.717, 1.165) is 36.9 Å². The fourth-order valence-corrected chi connectivity index (χ4v) is 3.42. The molecule has 0 atom stereocenters. The molecular formula is C19H31N3O2. The van der Waals surface area contributed by atoms with Crippen molar-refractivity contribution in [3.05, 3.63) is 29.3 Å². The molecule has 134 valence electrons. The zero-order valence-electron chi connectivity index (χ0n) is 15.4. The predicted octanol–water partition coefficient (Wildman–Crippen LogP) is 2.75. The molecule has 1 aromatic rings. The Balaban J connectivity index is 1.91. The topological polar surface area (TPSA) is 55.8 Å². The molecule has 0 spiro atoms. The van der Waals surface area contributed by atoms with Gasteiger partial charge in [-0.05, 0) is 55.7 Å². The number of carbonyl (C=O) groups is 1. The lowest BCUT2D eigenvalue weighted by Gasteiger charge is -2.34. The van der Waals surface area contributed by atoms with Crippen LogP contribution in [0.1, 0.15) is 36.8 Å². The van der Waals surface area contributed by atoms with Crippen LogP contribution in [0.25, 0.3) is 0 Å². The number of carbonyl (C=O) groups excluding carboxylic acids is 1. The second-order valence-electron chi connectivity index (χ2n) is 7.15. The molecule has 0 aromatic heterocycles.